The molecule has 0 aliphatic carbocycles. The molecular formula is C15H17NOS2. The van der Waals surface area contributed by atoms with Crippen molar-refractivity contribution in [3.05, 3.63) is 46.2 Å². The summed E-state index contributed by atoms with van der Waals surface area (Å²) in [6, 6.07) is 10.8. The lowest BCUT2D eigenvalue weighted by molar-refractivity contribution is 0.171. The Morgan fingerprint density at radius 3 is 2.95 bits per heavy atom. The van der Waals surface area contributed by atoms with E-state index in [0.29, 0.717) is 0 Å². The van der Waals surface area contributed by atoms with E-state index in [9.17, 15) is 0 Å². The minimum atomic E-state index is 0.180. The van der Waals surface area contributed by atoms with Gasteiger partial charge in [0.15, 0.2) is 0 Å². The Kier molecular flexibility index (Phi) is 3.82. The Balaban J connectivity index is 1.83. The lowest BCUT2D eigenvalue weighted by atomic mass is 10.1. The van der Waals surface area contributed by atoms with Crippen LogP contribution >= 0.6 is 23.1 Å². The van der Waals surface area contributed by atoms with E-state index in [0.717, 1.165) is 11.5 Å². The summed E-state index contributed by atoms with van der Waals surface area (Å²) in [4.78, 5) is 2.59. The van der Waals surface area contributed by atoms with Crippen molar-refractivity contribution in [3.8, 4) is 5.75 Å². The first-order valence-electron chi connectivity index (χ1n) is 6.38. The van der Waals surface area contributed by atoms with Gasteiger partial charge in [-0.25, -0.2) is 0 Å². The van der Waals surface area contributed by atoms with E-state index < -0.39 is 0 Å². The summed E-state index contributed by atoms with van der Waals surface area (Å²) < 4.78 is 6.17. The number of rotatable bonds is 3. The molecule has 19 heavy (non-hydrogen) atoms. The van der Waals surface area contributed by atoms with E-state index in [1.807, 2.05) is 24.9 Å². The number of aryl methyl sites for hydroxylation is 1. The molecule has 2 aromatic rings. The summed E-state index contributed by atoms with van der Waals surface area (Å²) in [5, 5.41) is 5.63. The molecular weight excluding hydrogens is 274 g/mol. The zero-order valence-electron chi connectivity index (χ0n) is 11.1. The lowest BCUT2D eigenvalue weighted by Gasteiger charge is -2.31. The minimum Gasteiger partial charge on any atom is -0.486 e. The smallest absolute Gasteiger partial charge is 0.133 e. The fraction of sp³-hybridized carbons (Fsp3) is 0.333. The second-order valence-electron chi connectivity index (χ2n) is 4.67. The molecule has 3 rings (SSSR count). The maximum absolute atomic E-state index is 6.17. The van der Waals surface area contributed by atoms with Crippen LogP contribution in [0.2, 0.25) is 0 Å². The van der Waals surface area contributed by atoms with Gasteiger partial charge in [-0.15, -0.1) is 23.1 Å². The fourth-order valence-electron chi connectivity index (χ4n) is 2.39. The molecule has 0 amide bonds. The SMILES string of the molecule is CNC(c1csc(C)c1)C1CSc2ccccc2O1. The van der Waals surface area contributed by atoms with E-state index in [-0.39, 0.29) is 12.1 Å². The molecule has 0 saturated heterocycles. The maximum Gasteiger partial charge on any atom is 0.133 e. The monoisotopic (exact) mass is 291 g/mol. The van der Waals surface area contributed by atoms with E-state index in [2.05, 4.69) is 41.9 Å². The van der Waals surface area contributed by atoms with Crippen molar-refractivity contribution in [2.75, 3.05) is 12.8 Å². The van der Waals surface area contributed by atoms with Gasteiger partial charge in [-0.2, -0.15) is 0 Å². The average molecular weight is 291 g/mol. The Morgan fingerprint density at radius 1 is 1.37 bits per heavy atom. The highest BCUT2D eigenvalue weighted by Crippen LogP contribution is 2.38. The molecule has 100 valence electrons. The van der Waals surface area contributed by atoms with Crippen molar-refractivity contribution < 1.29 is 4.74 Å². The molecule has 4 heteroatoms. The highest BCUT2D eigenvalue weighted by Gasteiger charge is 2.28. The van der Waals surface area contributed by atoms with Crippen LogP contribution in [0, 0.1) is 6.92 Å². The van der Waals surface area contributed by atoms with Crippen molar-refractivity contribution in [1.82, 2.24) is 5.32 Å². The molecule has 2 heterocycles. The number of thiophene rings is 1. The molecule has 2 atom stereocenters. The molecule has 0 saturated carbocycles. The third-order valence-electron chi connectivity index (χ3n) is 3.32. The highest BCUT2D eigenvalue weighted by molar-refractivity contribution is 7.99. The summed E-state index contributed by atoms with van der Waals surface area (Å²) in [7, 11) is 2.01. The van der Waals surface area contributed by atoms with Crippen LogP contribution in [0.5, 0.6) is 5.75 Å². The molecule has 0 radical (unpaired) electrons. The predicted molar refractivity (Wildman–Crippen MR) is 82.4 cm³/mol. The van der Waals surface area contributed by atoms with Crippen molar-refractivity contribution in [1.29, 1.82) is 0 Å². The second-order valence-corrected chi connectivity index (χ2v) is 6.85. The average Bonchev–Trinajstić information content (AvgIpc) is 2.86. The van der Waals surface area contributed by atoms with Gasteiger partial charge in [0.25, 0.3) is 0 Å². The summed E-state index contributed by atoms with van der Waals surface area (Å²) >= 11 is 3.68. The minimum absolute atomic E-state index is 0.180. The molecule has 1 aromatic heterocycles. The van der Waals surface area contributed by atoms with Gasteiger partial charge >= 0.3 is 0 Å². The quantitative estimate of drug-likeness (QED) is 0.927. The largest absolute Gasteiger partial charge is 0.486 e. The first kappa shape index (κ1) is 13.0. The van der Waals surface area contributed by atoms with Crippen LogP contribution in [0.4, 0.5) is 0 Å². The Labute approximate surface area is 122 Å². The van der Waals surface area contributed by atoms with Crippen LogP contribution in [0.3, 0.4) is 0 Å². The van der Waals surface area contributed by atoms with Crippen LogP contribution in [0.25, 0.3) is 0 Å². The topological polar surface area (TPSA) is 21.3 Å². The number of thioether (sulfide) groups is 1. The predicted octanol–water partition coefficient (Wildman–Crippen LogP) is 3.87. The zero-order valence-corrected chi connectivity index (χ0v) is 12.7. The van der Waals surface area contributed by atoms with E-state index in [1.54, 1.807) is 11.3 Å². The van der Waals surface area contributed by atoms with E-state index in [1.165, 1.54) is 15.3 Å². The number of hydrogen-bond acceptors (Lipinski definition) is 4. The standard InChI is InChI=1S/C15H17NOS2/c1-10-7-11(8-18-10)15(16-2)13-9-19-14-6-4-3-5-12(14)17-13/h3-8,13,15-16H,9H2,1-2H3. The number of likely N-dealkylation sites (N-methyl/N-ethyl adjacent to an activating group) is 1. The van der Waals surface area contributed by atoms with Gasteiger partial charge in [0.1, 0.15) is 11.9 Å². The molecule has 1 aliphatic heterocycles. The van der Waals surface area contributed by atoms with Gasteiger partial charge in [-0.3, -0.25) is 0 Å². The van der Waals surface area contributed by atoms with Crippen molar-refractivity contribution in [3.63, 3.8) is 0 Å². The second kappa shape index (κ2) is 5.57. The van der Waals surface area contributed by atoms with Crippen LogP contribution in [-0.2, 0) is 0 Å². The number of fused-ring (bicyclic) bond motifs is 1. The van der Waals surface area contributed by atoms with Gasteiger partial charge in [-0.05, 0) is 43.1 Å². The van der Waals surface area contributed by atoms with Crippen LogP contribution in [-0.4, -0.2) is 18.9 Å². The zero-order chi connectivity index (χ0) is 13.2. The van der Waals surface area contributed by atoms with Crippen LogP contribution in [0.15, 0.2) is 40.6 Å². The molecule has 0 fully saturated rings. The third kappa shape index (κ3) is 2.66. The Bertz CT molecular complexity index is 567. The molecule has 2 unspecified atom stereocenters. The Hall–Kier alpha value is -0.970. The Morgan fingerprint density at radius 2 is 2.21 bits per heavy atom. The van der Waals surface area contributed by atoms with E-state index >= 15 is 0 Å². The van der Waals surface area contributed by atoms with Crippen molar-refractivity contribution in [2.24, 2.45) is 0 Å². The number of ether oxygens (including phenoxy) is 1. The molecule has 1 N–H and O–H groups in total. The van der Waals surface area contributed by atoms with Crippen LogP contribution < -0.4 is 10.1 Å². The van der Waals surface area contributed by atoms with Gasteiger partial charge in [0.2, 0.25) is 0 Å². The van der Waals surface area contributed by atoms with Crippen LogP contribution in [0.1, 0.15) is 16.5 Å². The number of nitrogens with one attached hydrogen (secondary N) is 1. The third-order valence-corrected chi connectivity index (χ3v) is 5.35. The normalized spacial score (nSPS) is 19.6. The van der Waals surface area contributed by atoms with Gasteiger partial charge in [0.05, 0.1) is 6.04 Å². The maximum atomic E-state index is 6.17. The summed E-state index contributed by atoms with van der Waals surface area (Å²) in [5.41, 5.74) is 1.33. The number of hydrogen-bond donors (Lipinski definition) is 1. The van der Waals surface area contributed by atoms with Gasteiger partial charge < -0.3 is 10.1 Å². The van der Waals surface area contributed by atoms with Gasteiger partial charge in [0, 0.05) is 15.5 Å². The number of para-hydroxylation sites is 1. The first-order chi connectivity index (χ1) is 9.28. The van der Waals surface area contributed by atoms with Crippen molar-refractivity contribution >= 4 is 23.1 Å². The molecule has 0 spiro atoms. The molecule has 1 aromatic carbocycles. The van der Waals surface area contributed by atoms with Crippen molar-refractivity contribution in [2.45, 2.75) is 24.0 Å². The summed E-state index contributed by atoms with van der Waals surface area (Å²) in [6.45, 7) is 2.15. The summed E-state index contributed by atoms with van der Waals surface area (Å²) in [6.07, 6.45) is 0.180. The lowest BCUT2D eigenvalue weighted by Crippen LogP contribution is -2.37. The first-order valence-corrected chi connectivity index (χ1v) is 8.25. The van der Waals surface area contributed by atoms with Gasteiger partial charge in [-0.1, -0.05) is 12.1 Å². The number of benzene rings is 1. The summed E-state index contributed by atoms with van der Waals surface area (Å²) in [5.74, 6) is 1.99. The van der Waals surface area contributed by atoms with E-state index in [4.69, 9.17) is 4.74 Å². The molecule has 1 aliphatic rings. The molecule has 2 nitrogen and oxygen atoms in total. The highest BCUT2D eigenvalue weighted by atomic mass is 32.2. The molecule has 0 bridgehead atoms. The fourth-order valence-corrected chi connectivity index (χ4v) is 4.17.